The molecule has 24 heavy (non-hydrogen) atoms. The summed E-state index contributed by atoms with van der Waals surface area (Å²) in [6, 6.07) is 7.36. The maximum absolute atomic E-state index is 12.8. The zero-order chi connectivity index (χ0) is 18.0. The number of alkyl halides is 3. The Hall–Kier alpha value is -1.76. The molecule has 1 saturated heterocycles. The zero-order valence-corrected chi connectivity index (χ0v) is 13.8. The molecule has 0 aliphatic carbocycles. The molecule has 4 nitrogen and oxygen atoms in total. The summed E-state index contributed by atoms with van der Waals surface area (Å²) in [6.07, 6.45) is -5.44. The number of ether oxygens (including phenoxy) is 1. The first kappa shape index (κ1) is 18.6. The number of benzene rings is 1. The lowest BCUT2D eigenvalue weighted by Gasteiger charge is -2.39. The highest BCUT2D eigenvalue weighted by Crippen LogP contribution is 2.38. The first-order valence-corrected chi connectivity index (χ1v) is 7.88. The van der Waals surface area contributed by atoms with Crippen molar-refractivity contribution in [2.24, 2.45) is 0 Å². The van der Waals surface area contributed by atoms with Crippen LogP contribution in [-0.4, -0.2) is 47.9 Å². The number of hydrogen-bond donors (Lipinski definition) is 1. The summed E-state index contributed by atoms with van der Waals surface area (Å²) < 4.78 is 43.7. The van der Waals surface area contributed by atoms with E-state index in [-0.39, 0.29) is 31.3 Å². The monoisotopic (exact) mass is 345 g/mol. The number of nitrogens with zero attached hydrogens (tertiary/aromatic N) is 1. The summed E-state index contributed by atoms with van der Waals surface area (Å²) in [5.74, 6) is 0.359. The fraction of sp³-hybridized carbons (Fsp3) is 0.588. The third kappa shape index (κ3) is 3.83. The number of likely N-dealkylation sites (tertiary alicyclic amines) is 1. The minimum Gasteiger partial charge on any atom is -0.496 e. The van der Waals surface area contributed by atoms with Crippen molar-refractivity contribution in [2.45, 2.75) is 43.9 Å². The normalized spacial score (nSPS) is 19.0. The molecule has 0 spiro atoms. The van der Waals surface area contributed by atoms with Gasteiger partial charge in [-0.15, -0.1) is 0 Å². The smallest absolute Gasteiger partial charge is 0.417 e. The molecule has 1 unspecified atom stereocenters. The summed E-state index contributed by atoms with van der Waals surface area (Å²) in [4.78, 5) is 13.8. The molecule has 1 atom stereocenters. The second kappa shape index (κ2) is 7.01. The molecule has 1 aromatic rings. The predicted molar refractivity (Wildman–Crippen MR) is 82.8 cm³/mol. The van der Waals surface area contributed by atoms with Crippen molar-refractivity contribution < 1.29 is 27.8 Å². The van der Waals surface area contributed by atoms with Crippen LogP contribution in [0.25, 0.3) is 0 Å². The van der Waals surface area contributed by atoms with Gasteiger partial charge in [-0.3, -0.25) is 4.79 Å². The molecule has 1 N–H and O–H groups in total. The van der Waals surface area contributed by atoms with Crippen molar-refractivity contribution >= 4 is 5.91 Å². The van der Waals surface area contributed by atoms with Crippen molar-refractivity contribution in [1.82, 2.24) is 4.90 Å². The van der Waals surface area contributed by atoms with Crippen molar-refractivity contribution in [3.8, 4) is 5.75 Å². The third-order valence-electron chi connectivity index (χ3n) is 4.62. The summed E-state index contributed by atoms with van der Waals surface area (Å²) >= 11 is 0. The molecule has 1 amide bonds. The van der Waals surface area contributed by atoms with Gasteiger partial charge in [0, 0.05) is 32.4 Å². The van der Waals surface area contributed by atoms with Crippen LogP contribution in [0.2, 0.25) is 0 Å². The fourth-order valence-corrected chi connectivity index (χ4v) is 2.98. The van der Waals surface area contributed by atoms with Gasteiger partial charge in [0.25, 0.3) is 0 Å². The number of methoxy groups -OCH3 is 1. The van der Waals surface area contributed by atoms with E-state index in [2.05, 4.69) is 0 Å². The highest BCUT2D eigenvalue weighted by molar-refractivity contribution is 5.77. The van der Waals surface area contributed by atoms with Crippen LogP contribution in [0.15, 0.2) is 24.3 Å². The molecule has 1 aliphatic heterocycles. The van der Waals surface area contributed by atoms with E-state index in [0.29, 0.717) is 5.75 Å². The van der Waals surface area contributed by atoms with Gasteiger partial charge in [-0.05, 0) is 17.5 Å². The lowest BCUT2D eigenvalue weighted by molar-refractivity contribution is -0.272. The second-order valence-corrected chi connectivity index (χ2v) is 6.26. The van der Waals surface area contributed by atoms with E-state index in [1.54, 1.807) is 13.2 Å². The van der Waals surface area contributed by atoms with E-state index in [1.807, 2.05) is 25.1 Å². The number of carbonyl (C=O) groups is 1. The Labute approximate surface area is 139 Å². The fourth-order valence-electron chi connectivity index (χ4n) is 2.98. The highest BCUT2D eigenvalue weighted by Gasteiger charge is 2.54. The summed E-state index contributed by atoms with van der Waals surface area (Å²) in [5, 5.41) is 9.66. The SMILES string of the molecule is COc1ccccc1C(C)CC(=O)N1CCC(O)(C(F)(F)F)CC1. The minimum absolute atomic E-state index is 0.0898. The van der Waals surface area contributed by atoms with Crippen LogP contribution in [0.3, 0.4) is 0 Å². The molecule has 1 fully saturated rings. The van der Waals surface area contributed by atoms with Crippen LogP contribution in [0, 0.1) is 0 Å². The molecule has 0 radical (unpaired) electrons. The van der Waals surface area contributed by atoms with Gasteiger partial charge in [0.05, 0.1) is 7.11 Å². The minimum atomic E-state index is -4.66. The number of rotatable bonds is 4. The van der Waals surface area contributed by atoms with Crippen molar-refractivity contribution in [3.63, 3.8) is 0 Å². The van der Waals surface area contributed by atoms with Crippen LogP contribution in [0.1, 0.15) is 37.7 Å². The van der Waals surface area contributed by atoms with Gasteiger partial charge < -0.3 is 14.7 Å². The molecule has 1 heterocycles. The highest BCUT2D eigenvalue weighted by atomic mass is 19.4. The number of halogens is 3. The molecular formula is C17H22F3NO3. The Morgan fingerprint density at radius 1 is 1.33 bits per heavy atom. The Kier molecular flexibility index (Phi) is 5.42. The maximum Gasteiger partial charge on any atom is 0.417 e. The topological polar surface area (TPSA) is 49.8 Å². The van der Waals surface area contributed by atoms with Crippen LogP contribution >= 0.6 is 0 Å². The molecule has 0 aromatic heterocycles. The van der Waals surface area contributed by atoms with E-state index >= 15 is 0 Å². The van der Waals surface area contributed by atoms with Crippen LogP contribution in [0.4, 0.5) is 13.2 Å². The molecule has 1 aromatic carbocycles. The number of para-hydroxylation sites is 1. The first-order valence-electron chi connectivity index (χ1n) is 7.88. The molecule has 0 saturated carbocycles. The van der Waals surface area contributed by atoms with E-state index in [0.717, 1.165) is 5.56 Å². The van der Waals surface area contributed by atoms with E-state index in [9.17, 15) is 23.1 Å². The van der Waals surface area contributed by atoms with Crippen molar-refractivity contribution in [2.75, 3.05) is 20.2 Å². The van der Waals surface area contributed by atoms with E-state index < -0.39 is 24.6 Å². The summed E-state index contributed by atoms with van der Waals surface area (Å²) in [7, 11) is 1.55. The molecule has 2 rings (SSSR count). The number of amides is 1. The molecule has 0 bridgehead atoms. The van der Waals surface area contributed by atoms with Crippen LogP contribution in [-0.2, 0) is 4.79 Å². The lowest BCUT2D eigenvalue weighted by Crippen LogP contribution is -2.54. The van der Waals surface area contributed by atoms with Crippen LogP contribution in [0.5, 0.6) is 5.75 Å². The van der Waals surface area contributed by atoms with Gasteiger partial charge in [0.15, 0.2) is 5.60 Å². The van der Waals surface area contributed by atoms with Gasteiger partial charge in [-0.2, -0.15) is 13.2 Å². The number of aliphatic hydroxyl groups is 1. The van der Waals surface area contributed by atoms with Crippen molar-refractivity contribution in [1.29, 1.82) is 0 Å². The van der Waals surface area contributed by atoms with E-state index in [1.165, 1.54) is 4.90 Å². The van der Waals surface area contributed by atoms with Crippen LogP contribution < -0.4 is 4.74 Å². The second-order valence-electron chi connectivity index (χ2n) is 6.26. The Bertz CT molecular complexity index is 581. The van der Waals surface area contributed by atoms with Gasteiger partial charge in [0.2, 0.25) is 5.91 Å². The number of carbonyl (C=O) groups excluding carboxylic acids is 1. The molecular weight excluding hydrogens is 323 g/mol. The zero-order valence-electron chi connectivity index (χ0n) is 13.8. The predicted octanol–water partition coefficient (Wildman–Crippen LogP) is 3.10. The van der Waals surface area contributed by atoms with E-state index in [4.69, 9.17) is 4.74 Å². The summed E-state index contributed by atoms with van der Waals surface area (Å²) in [5.41, 5.74) is -1.80. The van der Waals surface area contributed by atoms with Gasteiger partial charge in [0.1, 0.15) is 5.75 Å². The largest absolute Gasteiger partial charge is 0.496 e. The van der Waals surface area contributed by atoms with Gasteiger partial charge in [-0.25, -0.2) is 0 Å². The average Bonchev–Trinajstić information content (AvgIpc) is 2.54. The number of hydrogen-bond acceptors (Lipinski definition) is 3. The van der Waals surface area contributed by atoms with Gasteiger partial charge >= 0.3 is 6.18 Å². The summed E-state index contributed by atoms with van der Waals surface area (Å²) in [6.45, 7) is 1.70. The Morgan fingerprint density at radius 2 is 1.92 bits per heavy atom. The molecule has 7 heteroatoms. The standard InChI is InChI=1S/C17H22F3NO3/c1-12(13-5-3-4-6-14(13)24-2)11-15(22)21-9-7-16(23,8-10-21)17(18,19)20/h3-6,12,23H,7-11H2,1-2H3. The number of piperidine rings is 1. The Morgan fingerprint density at radius 3 is 2.46 bits per heavy atom. The third-order valence-corrected chi connectivity index (χ3v) is 4.62. The average molecular weight is 345 g/mol. The van der Waals surface area contributed by atoms with Gasteiger partial charge in [-0.1, -0.05) is 25.1 Å². The van der Waals surface area contributed by atoms with Crippen molar-refractivity contribution in [3.05, 3.63) is 29.8 Å². The Balaban J connectivity index is 1.97. The maximum atomic E-state index is 12.8. The first-order chi connectivity index (χ1) is 11.2. The molecule has 134 valence electrons. The lowest BCUT2D eigenvalue weighted by atomic mass is 9.90. The molecule has 1 aliphatic rings. The quantitative estimate of drug-likeness (QED) is 0.912.